The Balaban J connectivity index is 2.10. The van der Waals surface area contributed by atoms with Crippen LogP contribution in [0, 0.1) is 0 Å². The Morgan fingerprint density at radius 3 is 2.79 bits per heavy atom. The van der Waals surface area contributed by atoms with E-state index in [1.54, 1.807) is 12.4 Å². The van der Waals surface area contributed by atoms with Crippen molar-refractivity contribution in [2.45, 2.75) is 20.0 Å². The topological polar surface area (TPSA) is 39.9 Å². The van der Waals surface area contributed by atoms with E-state index in [2.05, 4.69) is 16.1 Å². The van der Waals surface area contributed by atoms with Gasteiger partial charge in [-0.1, -0.05) is 0 Å². The first-order valence-corrected chi connectivity index (χ1v) is 6.29. The van der Waals surface area contributed by atoms with Crippen LogP contribution < -0.4 is 4.74 Å². The quantitative estimate of drug-likeness (QED) is 0.719. The summed E-state index contributed by atoms with van der Waals surface area (Å²) < 4.78 is 7.56. The van der Waals surface area contributed by atoms with Crippen molar-refractivity contribution in [1.82, 2.24) is 14.8 Å². The molecule has 3 aromatic rings. The van der Waals surface area contributed by atoms with Crippen LogP contribution in [-0.2, 0) is 0 Å². The van der Waals surface area contributed by atoms with Crippen LogP contribution in [0.4, 0.5) is 0 Å². The number of fused-ring (bicyclic) bond motifs is 1. The van der Waals surface area contributed by atoms with Crippen molar-refractivity contribution < 1.29 is 4.74 Å². The Hall–Kier alpha value is -2.36. The Morgan fingerprint density at radius 1 is 1.16 bits per heavy atom. The standard InChI is InChI=1S/C15H15N3O/c1-11(2)19-15-14-5-4-13(18-9-3-7-17-18)10-12(14)6-8-16-15/h3-11H,1-2H3. The maximum atomic E-state index is 5.72. The zero-order chi connectivity index (χ0) is 13.2. The Bertz CT molecular complexity index is 690. The monoisotopic (exact) mass is 253 g/mol. The maximum Gasteiger partial charge on any atom is 0.221 e. The second kappa shape index (κ2) is 4.72. The molecule has 0 amide bonds. The van der Waals surface area contributed by atoms with Gasteiger partial charge in [-0.2, -0.15) is 5.10 Å². The van der Waals surface area contributed by atoms with Gasteiger partial charge >= 0.3 is 0 Å². The highest BCUT2D eigenvalue weighted by atomic mass is 16.5. The molecule has 2 heterocycles. The molecule has 4 nitrogen and oxygen atoms in total. The average Bonchev–Trinajstić information content (AvgIpc) is 2.91. The molecule has 19 heavy (non-hydrogen) atoms. The van der Waals surface area contributed by atoms with E-state index in [9.17, 15) is 0 Å². The van der Waals surface area contributed by atoms with Crippen LogP contribution in [0.3, 0.4) is 0 Å². The van der Waals surface area contributed by atoms with Gasteiger partial charge in [0.15, 0.2) is 0 Å². The third-order valence-electron chi connectivity index (χ3n) is 2.83. The largest absolute Gasteiger partial charge is 0.475 e. The lowest BCUT2D eigenvalue weighted by Crippen LogP contribution is -2.07. The molecule has 3 rings (SSSR count). The van der Waals surface area contributed by atoms with Gasteiger partial charge < -0.3 is 4.74 Å². The van der Waals surface area contributed by atoms with Crippen LogP contribution in [-0.4, -0.2) is 20.9 Å². The molecular weight excluding hydrogens is 238 g/mol. The van der Waals surface area contributed by atoms with E-state index < -0.39 is 0 Å². The maximum absolute atomic E-state index is 5.72. The Labute approximate surface area is 111 Å². The van der Waals surface area contributed by atoms with Gasteiger partial charge in [-0.15, -0.1) is 0 Å². The fourth-order valence-corrected chi connectivity index (χ4v) is 2.02. The molecule has 0 unspecified atom stereocenters. The second-order valence-electron chi connectivity index (χ2n) is 4.64. The van der Waals surface area contributed by atoms with Crippen LogP contribution in [0.5, 0.6) is 5.88 Å². The van der Waals surface area contributed by atoms with Gasteiger partial charge in [0.1, 0.15) is 0 Å². The minimum Gasteiger partial charge on any atom is -0.475 e. The predicted molar refractivity (Wildman–Crippen MR) is 74.6 cm³/mol. The van der Waals surface area contributed by atoms with Crippen molar-refractivity contribution in [2.75, 3.05) is 0 Å². The molecule has 0 atom stereocenters. The van der Waals surface area contributed by atoms with Gasteiger partial charge in [0, 0.05) is 24.0 Å². The van der Waals surface area contributed by atoms with Gasteiger partial charge in [0.25, 0.3) is 0 Å². The molecule has 0 saturated heterocycles. The van der Waals surface area contributed by atoms with Gasteiger partial charge in [-0.05, 0) is 49.6 Å². The SMILES string of the molecule is CC(C)Oc1nccc2cc(-n3cccn3)ccc12. The molecule has 1 aromatic carbocycles. The summed E-state index contributed by atoms with van der Waals surface area (Å²) in [7, 11) is 0. The molecular formula is C15H15N3O. The Kier molecular flexibility index (Phi) is 2.91. The van der Waals surface area contributed by atoms with Gasteiger partial charge in [-0.25, -0.2) is 9.67 Å². The zero-order valence-corrected chi connectivity index (χ0v) is 10.9. The van der Waals surface area contributed by atoms with Crippen molar-refractivity contribution in [3.05, 3.63) is 48.9 Å². The first kappa shape index (κ1) is 11.7. The third-order valence-corrected chi connectivity index (χ3v) is 2.83. The average molecular weight is 253 g/mol. The fraction of sp³-hybridized carbons (Fsp3) is 0.200. The molecule has 0 N–H and O–H groups in total. The molecule has 0 fully saturated rings. The number of ether oxygens (including phenoxy) is 1. The number of hydrogen-bond acceptors (Lipinski definition) is 3. The molecule has 96 valence electrons. The lowest BCUT2D eigenvalue weighted by atomic mass is 10.1. The van der Waals surface area contributed by atoms with E-state index in [0.717, 1.165) is 16.5 Å². The number of benzene rings is 1. The molecule has 0 aliphatic carbocycles. The molecule has 0 saturated carbocycles. The smallest absolute Gasteiger partial charge is 0.221 e. The van der Waals surface area contributed by atoms with E-state index in [4.69, 9.17) is 4.74 Å². The van der Waals surface area contributed by atoms with Crippen molar-refractivity contribution in [2.24, 2.45) is 0 Å². The van der Waals surface area contributed by atoms with E-state index >= 15 is 0 Å². The van der Waals surface area contributed by atoms with Crippen molar-refractivity contribution in [3.8, 4) is 11.6 Å². The number of hydrogen-bond donors (Lipinski definition) is 0. The Morgan fingerprint density at radius 2 is 2.05 bits per heavy atom. The lowest BCUT2D eigenvalue weighted by molar-refractivity contribution is 0.236. The minimum atomic E-state index is 0.115. The summed E-state index contributed by atoms with van der Waals surface area (Å²) in [5.41, 5.74) is 1.03. The number of aromatic nitrogens is 3. The van der Waals surface area contributed by atoms with Crippen LogP contribution >= 0.6 is 0 Å². The summed E-state index contributed by atoms with van der Waals surface area (Å²) in [5.74, 6) is 0.680. The lowest BCUT2D eigenvalue weighted by Gasteiger charge is -2.11. The first-order chi connectivity index (χ1) is 9.24. The van der Waals surface area contributed by atoms with Crippen LogP contribution in [0.1, 0.15) is 13.8 Å². The number of rotatable bonds is 3. The molecule has 2 aromatic heterocycles. The highest BCUT2D eigenvalue weighted by molar-refractivity contribution is 5.88. The van der Waals surface area contributed by atoms with Gasteiger partial charge in [0.2, 0.25) is 5.88 Å². The third kappa shape index (κ3) is 2.29. The summed E-state index contributed by atoms with van der Waals surface area (Å²) in [5, 5.41) is 6.35. The van der Waals surface area contributed by atoms with E-state index in [1.165, 1.54) is 0 Å². The normalized spacial score (nSPS) is 11.1. The summed E-state index contributed by atoms with van der Waals surface area (Å²) in [6.07, 6.45) is 5.58. The van der Waals surface area contributed by atoms with E-state index in [0.29, 0.717) is 5.88 Å². The first-order valence-electron chi connectivity index (χ1n) is 6.29. The zero-order valence-electron chi connectivity index (χ0n) is 10.9. The molecule has 0 bridgehead atoms. The van der Waals surface area contributed by atoms with E-state index in [-0.39, 0.29) is 6.10 Å². The van der Waals surface area contributed by atoms with Crippen LogP contribution in [0.2, 0.25) is 0 Å². The predicted octanol–water partition coefficient (Wildman–Crippen LogP) is 3.21. The van der Waals surface area contributed by atoms with Gasteiger partial charge in [0.05, 0.1) is 11.8 Å². The highest BCUT2D eigenvalue weighted by Gasteiger charge is 2.06. The van der Waals surface area contributed by atoms with Gasteiger partial charge in [-0.3, -0.25) is 0 Å². The number of pyridine rings is 1. The van der Waals surface area contributed by atoms with Crippen molar-refractivity contribution in [3.63, 3.8) is 0 Å². The number of nitrogens with zero attached hydrogens (tertiary/aromatic N) is 3. The van der Waals surface area contributed by atoms with Crippen LogP contribution in [0.15, 0.2) is 48.9 Å². The summed E-state index contributed by atoms with van der Waals surface area (Å²) in [4.78, 5) is 4.29. The fourth-order valence-electron chi connectivity index (χ4n) is 2.02. The molecule has 0 radical (unpaired) electrons. The molecule has 0 spiro atoms. The van der Waals surface area contributed by atoms with Crippen molar-refractivity contribution in [1.29, 1.82) is 0 Å². The summed E-state index contributed by atoms with van der Waals surface area (Å²) in [6, 6.07) is 10.0. The molecule has 0 aliphatic rings. The summed E-state index contributed by atoms with van der Waals surface area (Å²) in [6.45, 7) is 4.00. The van der Waals surface area contributed by atoms with E-state index in [1.807, 2.05) is 49.0 Å². The second-order valence-corrected chi connectivity index (χ2v) is 4.64. The molecule has 4 heteroatoms. The van der Waals surface area contributed by atoms with Crippen molar-refractivity contribution >= 4 is 10.8 Å². The highest BCUT2D eigenvalue weighted by Crippen LogP contribution is 2.25. The molecule has 0 aliphatic heterocycles. The van der Waals surface area contributed by atoms with Crippen LogP contribution in [0.25, 0.3) is 16.5 Å². The minimum absolute atomic E-state index is 0.115. The summed E-state index contributed by atoms with van der Waals surface area (Å²) >= 11 is 0.